The van der Waals surface area contributed by atoms with Crippen molar-refractivity contribution in [3.8, 4) is 5.75 Å². The van der Waals surface area contributed by atoms with Crippen LogP contribution in [0.5, 0.6) is 5.75 Å². The van der Waals surface area contributed by atoms with Gasteiger partial charge in [0.1, 0.15) is 11.4 Å². The molecule has 172 valence electrons. The standard InChI is InChI=1S/C24H35ClN2O4/c1-6-26(7-2)22(28)30-19-11-10-18(16-8-9-16)21(25)20(19)17-12-14-27(15-13-17)23(29)31-24(3,4)5/h10-11,16-17H,6-9,12-15H2,1-5H3. The summed E-state index contributed by atoms with van der Waals surface area (Å²) in [5.41, 5.74) is 1.55. The van der Waals surface area contributed by atoms with Gasteiger partial charge in [-0.3, -0.25) is 0 Å². The van der Waals surface area contributed by atoms with E-state index in [9.17, 15) is 9.59 Å². The Kier molecular flexibility index (Phi) is 7.40. The Labute approximate surface area is 190 Å². The zero-order valence-electron chi connectivity index (χ0n) is 19.4. The molecule has 1 aromatic carbocycles. The summed E-state index contributed by atoms with van der Waals surface area (Å²) in [6, 6.07) is 3.90. The summed E-state index contributed by atoms with van der Waals surface area (Å²) in [7, 11) is 0. The molecule has 2 fully saturated rings. The fraction of sp³-hybridized carbons (Fsp3) is 0.667. The van der Waals surface area contributed by atoms with Gasteiger partial charge in [0.2, 0.25) is 0 Å². The number of rotatable bonds is 5. The van der Waals surface area contributed by atoms with Crippen molar-refractivity contribution in [3.05, 3.63) is 28.3 Å². The minimum absolute atomic E-state index is 0.129. The summed E-state index contributed by atoms with van der Waals surface area (Å²) in [4.78, 5) is 28.5. The maximum absolute atomic E-state index is 12.6. The van der Waals surface area contributed by atoms with Crippen molar-refractivity contribution in [1.82, 2.24) is 9.80 Å². The van der Waals surface area contributed by atoms with Crippen LogP contribution in [0.4, 0.5) is 9.59 Å². The molecule has 0 spiro atoms. The van der Waals surface area contributed by atoms with Gasteiger partial charge in [-0.1, -0.05) is 17.7 Å². The number of nitrogens with zero attached hydrogens (tertiary/aromatic N) is 2. The lowest BCUT2D eigenvalue weighted by atomic mass is 9.87. The molecule has 3 rings (SSSR count). The lowest BCUT2D eigenvalue weighted by molar-refractivity contribution is 0.0204. The van der Waals surface area contributed by atoms with Gasteiger partial charge in [0.15, 0.2) is 0 Å². The van der Waals surface area contributed by atoms with Gasteiger partial charge in [-0.15, -0.1) is 0 Å². The number of hydrogen-bond acceptors (Lipinski definition) is 4. The number of likely N-dealkylation sites (tertiary alicyclic amines) is 1. The molecule has 1 saturated heterocycles. The Balaban J connectivity index is 1.80. The molecule has 1 aliphatic heterocycles. The number of carbonyl (C=O) groups is 2. The molecule has 2 amide bonds. The van der Waals surface area contributed by atoms with E-state index >= 15 is 0 Å². The van der Waals surface area contributed by atoms with E-state index in [4.69, 9.17) is 21.1 Å². The maximum Gasteiger partial charge on any atom is 0.415 e. The highest BCUT2D eigenvalue weighted by molar-refractivity contribution is 6.32. The second kappa shape index (κ2) is 9.68. The van der Waals surface area contributed by atoms with Crippen molar-refractivity contribution in [2.75, 3.05) is 26.2 Å². The van der Waals surface area contributed by atoms with Gasteiger partial charge in [-0.2, -0.15) is 0 Å². The Morgan fingerprint density at radius 1 is 1.06 bits per heavy atom. The van der Waals surface area contributed by atoms with Crippen molar-refractivity contribution in [2.24, 2.45) is 0 Å². The van der Waals surface area contributed by atoms with Crippen molar-refractivity contribution >= 4 is 23.8 Å². The van der Waals surface area contributed by atoms with Crippen LogP contribution in [0.3, 0.4) is 0 Å². The Bertz CT molecular complexity index is 805. The largest absolute Gasteiger partial charge is 0.444 e. The smallest absolute Gasteiger partial charge is 0.415 e. The average molecular weight is 451 g/mol. The zero-order valence-corrected chi connectivity index (χ0v) is 20.1. The monoisotopic (exact) mass is 450 g/mol. The molecule has 0 N–H and O–H groups in total. The van der Waals surface area contributed by atoms with E-state index in [1.54, 1.807) is 9.80 Å². The van der Waals surface area contributed by atoms with Crippen LogP contribution >= 0.6 is 11.6 Å². The van der Waals surface area contributed by atoms with Gasteiger partial charge in [-0.05, 0) is 83.8 Å². The van der Waals surface area contributed by atoms with Crippen LogP contribution in [0.2, 0.25) is 5.02 Å². The summed E-state index contributed by atoms with van der Waals surface area (Å²) < 4.78 is 11.3. The van der Waals surface area contributed by atoms with Crippen LogP contribution < -0.4 is 4.74 Å². The van der Waals surface area contributed by atoms with E-state index in [1.165, 1.54) is 0 Å². The predicted molar refractivity (Wildman–Crippen MR) is 122 cm³/mol. The second-order valence-corrected chi connectivity index (χ2v) is 9.81. The van der Waals surface area contributed by atoms with Gasteiger partial charge in [0.25, 0.3) is 0 Å². The molecule has 2 aliphatic rings. The number of halogens is 1. The van der Waals surface area contributed by atoms with E-state index < -0.39 is 5.60 Å². The number of benzene rings is 1. The number of ether oxygens (including phenoxy) is 2. The molecule has 31 heavy (non-hydrogen) atoms. The van der Waals surface area contributed by atoms with Gasteiger partial charge >= 0.3 is 12.2 Å². The molecule has 0 bridgehead atoms. The lowest BCUT2D eigenvalue weighted by Crippen LogP contribution is -2.41. The zero-order chi connectivity index (χ0) is 22.8. The van der Waals surface area contributed by atoms with Crippen LogP contribution in [-0.2, 0) is 4.74 Å². The highest BCUT2D eigenvalue weighted by atomic mass is 35.5. The molecule has 6 nitrogen and oxygen atoms in total. The van der Waals surface area contributed by atoms with Crippen molar-refractivity contribution in [2.45, 2.75) is 77.7 Å². The van der Waals surface area contributed by atoms with E-state index in [2.05, 4.69) is 0 Å². The molecule has 0 aromatic heterocycles. The van der Waals surface area contributed by atoms with Gasteiger partial charge in [-0.25, -0.2) is 9.59 Å². The molecule has 0 radical (unpaired) electrons. The number of carbonyl (C=O) groups excluding carboxylic acids is 2. The van der Waals surface area contributed by atoms with Crippen molar-refractivity contribution in [1.29, 1.82) is 0 Å². The van der Waals surface area contributed by atoms with Crippen LogP contribution in [-0.4, -0.2) is 53.8 Å². The topological polar surface area (TPSA) is 59.1 Å². The molecule has 0 atom stereocenters. The number of amides is 2. The Morgan fingerprint density at radius 2 is 1.68 bits per heavy atom. The third-order valence-corrected chi connectivity index (χ3v) is 6.38. The van der Waals surface area contributed by atoms with Crippen LogP contribution in [0.1, 0.15) is 83.3 Å². The number of piperidine rings is 1. The van der Waals surface area contributed by atoms with Gasteiger partial charge in [0, 0.05) is 31.7 Å². The van der Waals surface area contributed by atoms with Crippen molar-refractivity contribution < 1.29 is 19.1 Å². The minimum atomic E-state index is -0.512. The highest BCUT2D eigenvalue weighted by Gasteiger charge is 2.34. The van der Waals surface area contributed by atoms with Crippen molar-refractivity contribution in [3.63, 3.8) is 0 Å². The molecule has 1 heterocycles. The first-order chi connectivity index (χ1) is 14.6. The molecular weight excluding hydrogens is 416 g/mol. The SMILES string of the molecule is CCN(CC)C(=O)Oc1ccc(C2CC2)c(Cl)c1C1CCN(C(=O)OC(C)(C)C)CC1. The summed E-state index contributed by atoms with van der Waals surface area (Å²) >= 11 is 6.89. The molecule has 1 aromatic rings. The predicted octanol–water partition coefficient (Wildman–Crippen LogP) is 6.17. The van der Waals surface area contributed by atoms with Crippen LogP contribution in [0.25, 0.3) is 0 Å². The number of hydrogen-bond donors (Lipinski definition) is 0. The summed E-state index contributed by atoms with van der Waals surface area (Å²) in [6.07, 6.45) is 3.17. The van der Waals surface area contributed by atoms with E-state index in [1.807, 2.05) is 46.8 Å². The molecule has 0 unspecified atom stereocenters. The lowest BCUT2D eigenvalue weighted by Gasteiger charge is -2.34. The quantitative estimate of drug-likeness (QED) is 0.538. The van der Waals surface area contributed by atoms with Gasteiger partial charge in [0.05, 0.1) is 5.02 Å². The molecule has 1 aliphatic carbocycles. The third kappa shape index (κ3) is 5.85. The Hall–Kier alpha value is -1.95. The first-order valence-corrected chi connectivity index (χ1v) is 11.8. The minimum Gasteiger partial charge on any atom is -0.444 e. The molecule has 1 saturated carbocycles. The maximum atomic E-state index is 12.6. The molecule has 7 heteroatoms. The highest BCUT2D eigenvalue weighted by Crippen LogP contribution is 2.48. The first kappa shape index (κ1) is 23.7. The summed E-state index contributed by atoms with van der Waals surface area (Å²) in [6.45, 7) is 11.8. The normalized spacial score (nSPS) is 17.4. The average Bonchev–Trinajstić information content (AvgIpc) is 3.53. The third-order valence-electron chi connectivity index (χ3n) is 5.96. The van der Waals surface area contributed by atoms with E-state index in [0.29, 0.717) is 37.8 Å². The van der Waals surface area contributed by atoms with E-state index in [0.717, 1.165) is 41.8 Å². The van der Waals surface area contributed by atoms with Crippen LogP contribution in [0, 0.1) is 0 Å². The summed E-state index contributed by atoms with van der Waals surface area (Å²) in [5.74, 6) is 1.17. The second-order valence-electron chi connectivity index (χ2n) is 9.44. The Morgan fingerprint density at radius 3 is 2.19 bits per heavy atom. The fourth-order valence-corrected chi connectivity index (χ4v) is 4.55. The first-order valence-electron chi connectivity index (χ1n) is 11.4. The van der Waals surface area contributed by atoms with E-state index in [-0.39, 0.29) is 18.1 Å². The van der Waals surface area contributed by atoms with Gasteiger partial charge < -0.3 is 19.3 Å². The molecular formula is C24H35ClN2O4. The fourth-order valence-electron chi connectivity index (χ4n) is 4.09. The summed E-state index contributed by atoms with van der Waals surface area (Å²) in [5, 5.41) is 0.725. The van der Waals surface area contributed by atoms with Crippen LogP contribution in [0.15, 0.2) is 12.1 Å².